The highest BCUT2D eigenvalue weighted by Gasteiger charge is 2.42. The van der Waals surface area contributed by atoms with Gasteiger partial charge in [-0.25, -0.2) is 0 Å². The van der Waals surface area contributed by atoms with E-state index in [9.17, 15) is 0 Å². The summed E-state index contributed by atoms with van der Waals surface area (Å²) >= 11 is 0. The SMILES string of the molecule is CC1(C)c2ccccc2-c2cccc(N(c3cccc(-c4cccc5c4c4ccccc4n5-c4ccccc4)c3)c3cccc4c3C(C)(C)c3ccccc3-4)c21. The molecule has 0 spiro atoms. The fourth-order valence-corrected chi connectivity index (χ4v) is 10.3. The smallest absolute Gasteiger partial charge is 0.0547 e. The van der Waals surface area contributed by atoms with Crippen LogP contribution in [0, 0.1) is 0 Å². The molecule has 2 aliphatic rings. The largest absolute Gasteiger partial charge is 0.310 e. The fraction of sp³-hybridized carbons (Fsp3) is 0.111. The first-order valence-electron chi connectivity index (χ1n) is 19.8. The van der Waals surface area contributed by atoms with Crippen molar-refractivity contribution >= 4 is 38.9 Å². The van der Waals surface area contributed by atoms with Gasteiger partial charge in [-0.2, -0.15) is 0 Å². The van der Waals surface area contributed by atoms with Gasteiger partial charge >= 0.3 is 0 Å². The summed E-state index contributed by atoms with van der Waals surface area (Å²) in [4.78, 5) is 2.58. The van der Waals surface area contributed by atoms with Crippen molar-refractivity contribution in [1.29, 1.82) is 0 Å². The number of hydrogen-bond donors (Lipinski definition) is 0. The van der Waals surface area contributed by atoms with E-state index in [1.165, 1.54) is 94.5 Å². The summed E-state index contributed by atoms with van der Waals surface area (Å²) in [6.45, 7) is 9.59. The van der Waals surface area contributed by atoms with Crippen LogP contribution in [-0.4, -0.2) is 4.57 Å². The monoisotopic (exact) mass is 718 g/mol. The molecular formula is C54H42N2. The molecule has 0 bridgehead atoms. The molecule has 2 nitrogen and oxygen atoms in total. The lowest BCUT2D eigenvalue weighted by atomic mass is 9.80. The van der Waals surface area contributed by atoms with Gasteiger partial charge in [-0.15, -0.1) is 0 Å². The zero-order chi connectivity index (χ0) is 37.8. The molecular weight excluding hydrogens is 677 g/mol. The maximum atomic E-state index is 2.58. The molecule has 9 aromatic rings. The van der Waals surface area contributed by atoms with Gasteiger partial charge in [0.1, 0.15) is 0 Å². The zero-order valence-corrected chi connectivity index (χ0v) is 32.2. The van der Waals surface area contributed by atoms with Crippen molar-refractivity contribution < 1.29 is 0 Å². The molecule has 1 aromatic heterocycles. The third-order valence-corrected chi connectivity index (χ3v) is 12.7. The molecule has 1 heterocycles. The highest BCUT2D eigenvalue weighted by atomic mass is 15.2. The van der Waals surface area contributed by atoms with Crippen LogP contribution in [0.5, 0.6) is 0 Å². The number of nitrogens with zero attached hydrogens (tertiary/aromatic N) is 2. The Bertz CT molecular complexity index is 2930. The van der Waals surface area contributed by atoms with Crippen LogP contribution in [0.25, 0.3) is 60.9 Å². The predicted octanol–water partition coefficient (Wildman–Crippen LogP) is 14.5. The minimum Gasteiger partial charge on any atom is -0.310 e. The van der Waals surface area contributed by atoms with Gasteiger partial charge in [-0.05, 0) is 104 Å². The summed E-state index contributed by atoms with van der Waals surface area (Å²) in [7, 11) is 0. The number of benzene rings is 8. The normalized spacial score (nSPS) is 14.4. The molecule has 0 fully saturated rings. The van der Waals surface area contributed by atoms with Crippen LogP contribution >= 0.6 is 0 Å². The van der Waals surface area contributed by atoms with E-state index in [1.807, 2.05) is 0 Å². The van der Waals surface area contributed by atoms with E-state index in [-0.39, 0.29) is 10.8 Å². The minimum atomic E-state index is -0.195. The van der Waals surface area contributed by atoms with Gasteiger partial charge in [0.25, 0.3) is 0 Å². The van der Waals surface area contributed by atoms with Gasteiger partial charge in [0.05, 0.1) is 22.4 Å². The molecule has 11 rings (SSSR count). The molecule has 2 aliphatic carbocycles. The van der Waals surface area contributed by atoms with Gasteiger partial charge < -0.3 is 9.47 Å². The van der Waals surface area contributed by atoms with Crippen molar-refractivity contribution in [3.8, 4) is 39.1 Å². The van der Waals surface area contributed by atoms with Gasteiger partial charge in [0.15, 0.2) is 0 Å². The Morgan fingerprint density at radius 2 is 0.911 bits per heavy atom. The molecule has 8 aromatic carbocycles. The van der Waals surface area contributed by atoms with Crippen LogP contribution in [0.15, 0.2) is 182 Å². The van der Waals surface area contributed by atoms with Gasteiger partial charge in [0.2, 0.25) is 0 Å². The highest BCUT2D eigenvalue weighted by Crippen LogP contribution is 2.58. The van der Waals surface area contributed by atoms with Gasteiger partial charge in [-0.1, -0.05) is 161 Å². The Hall–Kier alpha value is -6.64. The second-order valence-corrected chi connectivity index (χ2v) is 16.5. The Kier molecular flexibility index (Phi) is 6.98. The second-order valence-electron chi connectivity index (χ2n) is 16.5. The van der Waals surface area contributed by atoms with Gasteiger partial charge in [0, 0.05) is 33.0 Å². The van der Waals surface area contributed by atoms with Crippen LogP contribution < -0.4 is 4.90 Å². The Morgan fingerprint density at radius 3 is 1.57 bits per heavy atom. The molecule has 56 heavy (non-hydrogen) atoms. The lowest BCUT2D eigenvalue weighted by Gasteiger charge is -2.35. The predicted molar refractivity (Wildman–Crippen MR) is 236 cm³/mol. The number of anilines is 3. The molecule has 0 saturated heterocycles. The molecule has 0 N–H and O–H groups in total. The van der Waals surface area contributed by atoms with E-state index < -0.39 is 0 Å². The summed E-state index contributed by atoms with van der Waals surface area (Å²) in [5.74, 6) is 0. The van der Waals surface area contributed by atoms with Crippen LogP contribution in [0.2, 0.25) is 0 Å². The molecule has 0 unspecified atom stereocenters. The van der Waals surface area contributed by atoms with E-state index >= 15 is 0 Å². The number of fused-ring (bicyclic) bond motifs is 9. The second kappa shape index (κ2) is 11.9. The topological polar surface area (TPSA) is 8.17 Å². The number of para-hydroxylation sites is 2. The van der Waals surface area contributed by atoms with E-state index in [0.29, 0.717) is 0 Å². The lowest BCUT2D eigenvalue weighted by Crippen LogP contribution is -2.24. The van der Waals surface area contributed by atoms with Crippen LogP contribution in [-0.2, 0) is 10.8 Å². The van der Waals surface area contributed by atoms with Crippen molar-refractivity contribution in [3.05, 3.63) is 204 Å². The Morgan fingerprint density at radius 1 is 0.411 bits per heavy atom. The molecule has 0 radical (unpaired) electrons. The van der Waals surface area contributed by atoms with E-state index in [2.05, 4.69) is 219 Å². The average molecular weight is 719 g/mol. The first-order chi connectivity index (χ1) is 27.3. The summed E-state index contributed by atoms with van der Waals surface area (Å²) in [6.07, 6.45) is 0. The van der Waals surface area contributed by atoms with E-state index in [0.717, 1.165) is 5.69 Å². The summed E-state index contributed by atoms with van der Waals surface area (Å²) in [5, 5.41) is 2.52. The van der Waals surface area contributed by atoms with E-state index in [4.69, 9.17) is 0 Å². The van der Waals surface area contributed by atoms with Gasteiger partial charge in [-0.3, -0.25) is 0 Å². The third-order valence-electron chi connectivity index (χ3n) is 12.7. The number of hydrogen-bond acceptors (Lipinski definition) is 1. The fourth-order valence-electron chi connectivity index (χ4n) is 10.3. The maximum absolute atomic E-state index is 2.58. The highest BCUT2D eigenvalue weighted by molar-refractivity contribution is 6.16. The summed E-state index contributed by atoms with van der Waals surface area (Å²) in [5.41, 5.74) is 20.0. The summed E-state index contributed by atoms with van der Waals surface area (Å²) in [6, 6.07) is 67.4. The average Bonchev–Trinajstić information content (AvgIpc) is 3.79. The summed E-state index contributed by atoms with van der Waals surface area (Å²) < 4.78 is 2.41. The number of rotatable bonds is 5. The maximum Gasteiger partial charge on any atom is 0.0547 e. The van der Waals surface area contributed by atoms with Crippen LogP contribution in [0.3, 0.4) is 0 Å². The lowest BCUT2D eigenvalue weighted by molar-refractivity contribution is 0.656. The van der Waals surface area contributed by atoms with Crippen molar-refractivity contribution in [2.75, 3.05) is 4.90 Å². The minimum absolute atomic E-state index is 0.195. The van der Waals surface area contributed by atoms with Crippen LogP contribution in [0.4, 0.5) is 17.1 Å². The quantitative estimate of drug-likeness (QED) is 0.172. The van der Waals surface area contributed by atoms with Crippen molar-refractivity contribution in [2.24, 2.45) is 0 Å². The molecule has 0 atom stereocenters. The first-order valence-corrected chi connectivity index (χ1v) is 19.8. The molecule has 268 valence electrons. The van der Waals surface area contributed by atoms with Crippen molar-refractivity contribution in [3.63, 3.8) is 0 Å². The standard InChI is InChI=1S/C54H42N2/c1-53(2)44-28-11-8-22-39(44)41-26-16-32-48(51(41)53)56(49-33-17-27-42-40-23-9-12-29-45(40)54(3,4)52(42)49)37-21-14-18-35(34-37)38-25-15-31-47-50(38)43-24-10-13-30-46(43)55(47)36-19-6-5-7-20-36/h5-34H,1-4H3. The van der Waals surface area contributed by atoms with Crippen LogP contribution in [0.1, 0.15) is 49.9 Å². The first kappa shape index (κ1) is 32.8. The number of aromatic nitrogens is 1. The zero-order valence-electron chi connectivity index (χ0n) is 32.2. The molecule has 2 heteroatoms. The Labute approximate surface area is 328 Å². The van der Waals surface area contributed by atoms with Crippen molar-refractivity contribution in [1.82, 2.24) is 4.57 Å². The molecule has 0 amide bonds. The van der Waals surface area contributed by atoms with E-state index in [1.54, 1.807) is 0 Å². The molecule has 0 aliphatic heterocycles. The Balaban J connectivity index is 1.18. The third kappa shape index (κ3) is 4.50. The van der Waals surface area contributed by atoms with Crippen molar-refractivity contribution in [2.45, 2.75) is 38.5 Å². The molecule has 0 saturated carbocycles.